The van der Waals surface area contributed by atoms with Crippen LogP contribution in [-0.4, -0.2) is 31.2 Å². The van der Waals surface area contributed by atoms with Gasteiger partial charge in [0, 0.05) is 25.6 Å². The van der Waals surface area contributed by atoms with Crippen molar-refractivity contribution in [1.29, 1.82) is 0 Å². The molecule has 2 aliphatic heterocycles. The Morgan fingerprint density at radius 2 is 2.27 bits per heavy atom. The molecule has 0 saturated carbocycles. The summed E-state index contributed by atoms with van der Waals surface area (Å²) < 4.78 is 13.4. The zero-order valence-electron chi connectivity index (χ0n) is 5.89. The van der Waals surface area contributed by atoms with E-state index in [4.69, 9.17) is 0 Å². The number of carbonyl (C=O) groups excluding carboxylic acids is 1. The van der Waals surface area contributed by atoms with Crippen molar-refractivity contribution < 1.29 is 9.18 Å². The molecule has 64 valence electrons. The molecule has 1 amide bonds. The second kappa shape index (κ2) is 2.60. The van der Waals surface area contributed by atoms with Crippen LogP contribution in [0.4, 0.5) is 4.39 Å². The maximum atomic E-state index is 13.4. The molecule has 0 spiro atoms. The lowest BCUT2D eigenvalue weighted by molar-refractivity contribution is -0.129. The fourth-order valence-electron chi connectivity index (χ4n) is 1.60. The Balaban J connectivity index is 0.000000605. The van der Waals surface area contributed by atoms with Gasteiger partial charge in [-0.25, -0.2) is 4.39 Å². The van der Waals surface area contributed by atoms with E-state index in [0.29, 0.717) is 13.1 Å². The summed E-state index contributed by atoms with van der Waals surface area (Å²) in [6.07, 6.45) is 0. The molecule has 2 saturated heterocycles. The van der Waals surface area contributed by atoms with Crippen molar-refractivity contribution in [1.82, 2.24) is 10.6 Å². The quantitative estimate of drug-likeness (QED) is 0.526. The Bertz CT molecular complexity index is 189. The molecular weight excluding hydrogens is 171 g/mol. The maximum absolute atomic E-state index is 13.4. The van der Waals surface area contributed by atoms with Gasteiger partial charge in [0.05, 0.1) is 0 Å². The molecular formula is C6H10ClFN2O. The molecule has 0 aliphatic carbocycles. The van der Waals surface area contributed by atoms with Crippen LogP contribution in [0.3, 0.4) is 0 Å². The minimum absolute atomic E-state index is 0. The lowest BCUT2D eigenvalue weighted by Gasteiger charge is -2.12. The molecule has 2 N–H and O–H groups in total. The lowest BCUT2D eigenvalue weighted by atomic mass is 9.97. The number of nitrogens with one attached hydrogen (secondary N) is 2. The lowest BCUT2D eigenvalue weighted by Crippen LogP contribution is -2.39. The van der Waals surface area contributed by atoms with Crippen LogP contribution < -0.4 is 10.6 Å². The number of alkyl halides is 1. The first-order valence-corrected chi connectivity index (χ1v) is 3.41. The van der Waals surface area contributed by atoms with Gasteiger partial charge in [-0.05, 0) is 0 Å². The van der Waals surface area contributed by atoms with Crippen molar-refractivity contribution in [3.8, 4) is 0 Å². The van der Waals surface area contributed by atoms with Gasteiger partial charge in [-0.1, -0.05) is 0 Å². The van der Waals surface area contributed by atoms with E-state index in [0.717, 1.165) is 0 Å². The van der Waals surface area contributed by atoms with Gasteiger partial charge >= 0.3 is 0 Å². The largest absolute Gasteiger partial charge is 0.353 e. The van der Waals surface area contributed by atoms with Crippen LogP contribution >= 0.6 is 12.4 Å². The van der Waals surface area contributed by atoms with E-state index in [9.17, 15) is 9.18 Å². The van der Waals surface area contributed by atoms with Crippen LogP contribution in [-0.2, 0) is 4.79 Å². The first kappa shape index (κ1) is 8.74. The van der Waals surface area contributed by atoms with E-state index < -0.39 is 11.6 Å². The Hall–Kier alpha value is -0.350. The van der Waals surface area contributed by atoms with Crippen LogP contribution in [0.5, 0.6) is 0 Å². The zero-order chi connectivity index (χ0) is 7.19. The average molecular weight is 181 g/mol. The predicted molar refractivity (Wildman–Crippen MR) is 40.5 cm³/mol. The summed E-state index contributed by atoms with van der Waals surface area (Å²) in [6, 6.07) is 0. The summed E-state index contributed by atoms with van der Waals surface area (Å²) in [7, 11) is 0. The van der Waals surface area contributed by atoms with E-state index in [1.807, 2.05) is 0 Å². The second-order valence-electron chi connectivity index (χ2n) is 2.90. The molecule has 0 aromatic heterocycles. The van der Waals surface area contributed by atoms with Gasteiger partial charge in [-0.2, -0.15) is 0 Å². The minimum Gasteiger partial charge on any atom is -0.353 e. The van der Waals surface area contributed by atoms with Crippen molar-refractivity contribution in [2.75, 3.05) is 19.6 Å². The third-order valence-electron chi connectivity index (χ3n) is 2.31. The van der Waals surface area contributed by atoms with E-state index in [1.54, 1.807) is 0 Å². The van der Waals surface area contributed by atoms with Crippen molar-refractivity contribution in [2.45, 2.75) is 5.67 Å². The van der Waals surface area contributed by atoms with Gasteiger partial charge in [0.2, 0.25) is 5.67 Å². The second-order valence-corrected chi connectivity index (χ2v) is 2.90. The molecule has 2 heterocycles. The normalized spacial score (nSPS) is 41.2. The van der Waals surface area contributed by atoms with Gasteiger partial charge < -0.3 is 10.6 Å². The third kappa shape index (κ3) is 1.01. The van der Waals surface area contributed by atoms with Crippen LogP contribution in [0.1, 0.15) is 0 Å². The molecule has 2 fully saturated rings. The van der Waals surface area contributed by atoms with Gasteiger partial charge in [0.15, 0.2) is 0 Å². The molecule has 2 rings (SSSR count). The topological polar surface area (TPSA) is 41.1 Å². The van der Waals surface area contributed by atoms with Crippen molar-refractivity contribution in [3.63, 3.8) is 0 Å². The fourth-order valence-corrected chi connectivity index (χ4v) is 1.60. The molecule has 11 heavy (non-hydrogen) atoms. The van der Waals surface area contributed by atoms with Crippen LogP contribution in [0.25, 0.3) is 0 Å². The van der Waals surface area contributed by atoms with E-state index in [-0.39, 0.29) is 24.9 Å². The van der Waals surface area contributed by atoms with E-state index >= 15 is 0 Å². The number of carbonyl (C=O) groups is 1. The van der Waals surface area contributed by atoms with Crippen molar-refractivity contribution in [2.24, 2.45) is 5.92 Å². The molecule has 3 nitrogen and oxygen atoms in total. The summed E-state index contributed by atoms with van der Waals surface area (Å²) in [4.78, 5) is 10.9. The molecule has 0 bridgehead atoms. The summed E-state index contributed by atoms with van der Waals surface area (Å²) in [6.45, 7) is 1.29. The molecule has 0 unspecified atom stereocenters. The van der Waals surface area contributed by atoms with Crippen LogP contribution in [0.15, 0.2) is 0 Å². The number of hydrogen-bond acceptors (Lipinski definition) is 2. The highest BCUT2D eigenvalue weighted by atomic mass is 35.5. The predicted octanol–water partition coefficient (Wildman–Crippen LogP) is -0.534. The van der Waals surface area contributed by atoms with Crippen molar-refractivity contribution >= 4 is 18.3 Å². The highest BCUT2D eigenvalue weighted by Gasteiger charge is 2.53. The number of fused-ring (bicyclic) bond motifs is 1. The number of amides is 1. The Morgan fingerprint density at radius 1 is 1.55 bits per heavy atom. The molecule has 0 radical (unpaired) electrons. The molecule has 2 aliphatic rings. The number of hydrogen-bond donors (Lipinski definition) is 2. The number of halogens is 2. The highest BCUT2D eigenvalue weighted by molar-refractivity contribution is 5.88. The van der Waals surface area contributed by atoms with Crippen LogP contribution in [0, 0.1) is 5.92 Å². The van der Waals surface area contributed by atoms with Gasteiger partial charge in [0.1, 0.15) is 0 Å². The highest BCUT2D eigenvalue weighted by Crippen LogP contribution is 2.30. The minimum atomic E-state index is -1.60. The van der Waals surface area contributed by atoms with E-state index in [2.05, 4.69) is 10.6 Å². The average Bonchev–Trinajstić information content (AvgIpc) is 2.36. The first-order chi connectivity index (χ1) is 4.73. The van der Waals surface area contributed by atoms with Crippen LogP contribution in [0.2, 0.25) is 0 Å². The van der Waals surface area contributed by atoms with Gasteiger partial charge in [0.25, 0.3) is 5.91 Å². The SMILES string of the molecule is Cl.O=C1NC[C@H]2CNC[C@@]12F. The summed E-state index contributed by atoms with van der Waals surface area (Å²) >= 11 is 0. The summed E-state index contributed by atoms with van der Waals surface area (Å²) in [5.74, 6) is -0.581. The Labute approximate surface area is 70.1 Å². The fraction of sp³-hybridized carbons (Fsp3) is 0.833. The summed E-state index contributed by atoms with van der Waals surface area (Å²) in [5, 5.41) is 5.37. The van der Waals surface area contributed by atoms with Crippen molar-refractivity contribution in [3.05, 3.63) is 0 Å². The Kier molecular flexibility index (Phi) is 2.07. The standard InChI is InChI=1S/C6H9FN2O.ClH/c7-6-3-8-1-4(6)2-9-5(6)10;/h4,8H,1-3H2,(H,9,10);1H/t4-,6+;/m1./s1. The third-order valence-corrected chi connectivity index (χ3v) is 2.31. The maximum Gasteiger partial charge on any atom is 0.259 e. The number of rotatable bonds is 0. The van der Waals surface area contributed by atoms with Gasteiger partial charge in [-0.3, -0.25) is 4.79 Å². The summed E-state index contributed by atoms with van der Waals surface area (Å²) in [5.41, 5.74) is -1.60. The Morgan fingerprint density at radius 3 is 2.91 bits per heavy atom. The van der Waals surface area contributed by atoms with E-state index in [1.165, 1.54) is 0 Å². The van der Waals surface area contributed by atoms with Gasteiger partial charge in [-0.15, -0.1) is 12.4 Å². The smallest absolute Gasteiger partial charge is 0.259 e. The molecule has 0 aromatic carbocycles. The molecule has 0 aromatic rings. The molecule has 2 atom stereocenters. The molecule has 5 heteroatoms. The first-order valence-electron chi connectivity index (χ1n) is 3.41. The monoisotopic (exact) mass is 180 g/mol. The zero-order valence-corrected chi connectivity index (χ0v) is 6.71.